The van der Waals surface area contributed by atoms with Crippen molar-refractivity contribution in [3.05, 3.63) is 42.0 Å². The Morgan fingerprint density at radius 2 is 1.85 bits per heavy atom. The van der Waals surface area contributed by atoms with Crippen LogP contribution in [-0.4, -0.2) is 24.2 Å². The molecule has 0 fully saturated rings. The van der Waals surface area contributed by atoms with Crippen molar-refractivity contribution in [1.29, 1.82) is 0 Å². The molecule has 0 spiro atoms. The van der Waals surface area contributed by atoms with E-state index in [-0.39, 0.29) is 6.04 Å². The number of aryl methyl sites for hydroxylation is 1. The molecule has 0 saturated carbocycles. The zero-order chi connectivity index (χ0) is 14.5. The highest BCUT2D eigenvalue weighted by molar-refractivity contribution is 5.60. The maximum atomic E-state index is 5.36. The molecule has 106 valence electrons. The Morgan fingerprint density at radius 1 is 1.10 bits per heavy atom. The first kappa shape index (κ1) is 14.1. The summed E-state index contributed by atoms with van der Waals surface area (Å²) in [5.41, 5.74) is 2.69. The van der Waals surface area contributed by atoms with E-state index in [1.807, 2.05) is 32.0 Å². The van der Waals surface area contributed by atoms with E-state index in [2.05, 4.69) is 15.3 Å². The van der Waals surface area contributed by atoms with E-state index in [9.17, 15) is 0 Å². The van der Waals surface area contributed by atoms with Gasteiger partial charge in [0, 0.05) is 18.5 Å². The molecule has 0 bridgehead atoms. The molecule has 20 heavy (non-hydrogen) atoms. The Labute approximate surface area is 119 Å². The van der Waals surface area contributed by atoms with Crippen LogP contribution in [0.4, 0.5) is 5.69 Å². The van der Waals surface area contributed by atoms with Crippen molar-refractivity contribution in [3.8, 4) is 11.5 Å². The maximum Gasteiger partial charge on any atom is 0.142 e. The zero-order valence-electron chi connectivity index (χ0n) is 12.2. The lowest BCUT2D eigenvalue weighted by atomic mass is 10.1. The van der Waals surface area contributed by atoms with E-state index in [0.29, 0.717) is 0 Å². The first-order chi connectivity index (χ1) is 9.65. The number of methoxy groups -OCH3 is 2. The highest BCUT2D eigenvalue weighted by Crippen LogP contribution is 2.31. The minimum atomic E-state index is 0.0182. The minimum absolute atomic E-state index is 0.0182. The van der Waals surface area contributed by atoms with Gasteiger partial charge in [0.25, 0.3) is 0 Å². The first-order valence-electron chi connectivity index (χ1n) is 6.41. The Kier molecular flexibility index (Phi) is 4.40. The van der Waals surface area contributed by atoms with Crippen molar-refractivity contribution >= 4 is 5.69 Å². The molecule has 1 heterocycles. The molecular formula is C15H19N3O2. The Morgan fingerprint density at radius 3 is 2.50 bits per heavy atom. The number of nitrogens with zero attached hydrogens (tertiary/aromatic N) is 2. The van der Waals surface area contributed by atoms with Crippen LogP contribution in [0.1, 0.15) is 24.4 Å². The normalized spacial score (nSPS) is 11.8. The van der Waals surface area contributed by atoms with Crippen LogP contribution >= 0.6 is 0 Å². The Balaban J connectivity index is 2.27. The zero-order valence-corrected chi connectivity index (χ0v) is 12.2. The summed E-state index contributed by atoms with van der Waals surface area (Å²) < 4.78 is 10.6. The quantitative estimate of drug-likeness (QED) is 0.907. The van der Waals surface area contributed by atoms with Crippen LogP contribution in [0.15, 0.2) is 30.6 Å². The highest BCUT2D eigenvalue weighted by Gasteiger charge is 2.13. The van der Waals surface area contributed by atoms with E-state index in [1.54, 1.807) is 26.6 Å². The summed E-state index contributed by atoms with van der Waals surface area (Å²) in [5, 5.41) is 3.39. The smallest absolute Gasteiger partial charge is 0.142 e. The third-order valence-electron chi connectivity index (χ3n) is 3.11. The van der Waals surface area contributed by atoms with Crippen molar-refractivity contribution in [2.24, 2.45) is 0 Å². The molecule has 0 amide bonds. The Bertz CT molecular complexity index is 587. The lowest BCUT2D eigenvalue weighted by Gasteiger charge is -2.18. The number of benzene rings is 1. The van der Waals surface area contributed by atoms with Gasteiger partial charge in [0.2, 0.25) is 0 Å². The van der Waals surface area contributed by atoms with Crippen molar-refractivity contribution < 1.29 is 9.47 Å². The Hall–Kier alpha value is -2.30. The molecule has 0 aliphatic rings. The van der Waals surface area contributed by atoms with E-state index in [0.717, 1.165) is 28.6 Å². The van der Waals surface area contributed by atoms with Gasteiger partial charge in [-0.25, -0.2) is 0 Å². The molecule has 2 aromatic rings. The molecule has 1 aromatic carbocycles. The molecule has 0 radical (unpaired) electrons. The predicted molar refractivity (Wildman–Crippen MR) is 78.4 cm³/mol. The molecule has 5 nitrogen and oxygen atoms in total. The summed E-state index contributed by atoms with van der Waals surface area (Å²) in [6.07, 6.45) is 3.39. The summed E-state index contributed by atoms with van der Waals surface area (Å²) in [4.78, 5) is 8.64. The lowest BCUT2D eigenvalue weighted by Crippen LogP contribution is -2.11. The third kappa shape index (κ3) is 2.99. The van der Waals surface area contributed by atoms with Gasteiger partial charge in [-0.15, -0.1) is 0 Å². The van der Waals surface area contributed by atoms with Crippen molar-refractivity contribution in [2.75, 3.05) is 19.5 Å². The third-order valence-corrected chi connectivity index (χ3v) is 3.11. The summed E-state index contributed by atoms with van der Waals surface area (Å²) in [5.74, 6) is 1.54. The number of nitrogens with one attached hydrogen (secondary N) is 1. The topological polar surface area (TPSA) is 56.3 Å². The van der Waals surface area contributed by atoms with Crippen molar-refractivity contribution in [2.45, 2.75) is 19.9 Å². The lowest BCUT2D eigenvalue weighted by molar-refractivity contribution is 0.404. The van der Waals surface area contributed by atoms with Gasteiger partial charge in [0.15, 0.2) is 0 Å². The van der Waals surface area contributed by atoms with Gasteiger partial charge >= 0.3 is 0 Å². The van der Waals surface area contributed by atoms with Crippen LogP contribution in [0.25, 0.3) is 0 Å². The largest absolute Gasteiger partial charge is 0.497 e. The first-order valence-corrected chi connectivity index (χ1v) is 6.41. The van der Waals surface area contributed by atoms with Gasteiger partial charge in [-0.05, 0) is 26.0 Å². The summed E-state index contributed by atoms with van der Waals surface area (Å²) in [6, 6.07) is 5.66. The average molecular weight is 273 g/mol. The van der Waals surface area contributed by atoms with E-state index >= 15 is 0 Å². The van der Waals surface area contributed by atoms with Crippen molar-refractivity contribution in [3.63, 3.8) is 0 Å². The highest BCUT2D eigenvalue weighted by atomic mass is 16.5. The summed E-state index contributed by atoms with van der Waals surface area (Å²) in [6.45, 7) is 3.99. The molecular weight excluding hydrogens is 254 g/mol. The van der Waals surface area contributed by atoms with Gasteiger partial charge in [-0.1, -0.05) is 0 Å². The molecule has 0 aliphatic heterocycles. The van der Waals surface area contributed by atoms with Gasteiger partial charge < -0.3 is 14.8 Å². The molecule has 1 aromatic heterocycles. The van der Waals surface area contributed by atoms with Crippen LogP contribution in [0.3, 0.4) is 0 Å². The van der Waals surface area contributed by atoms with Gasteiger partial charge in [-0.3, -0.25) is 9.97 Å². The van der Waals surface area contributed by atoms with Gasteiger partial charge in [0.1, 0.15) is 11.5 Å². The average Bonchev–Trinajstić information content (AvgIpc) is 2.47. The standard InChI is InChI=1S/C15H19N3O2/c1-10-15(17-8-7-16-10)11(2)18-13-9-12(19-3)5-6-14(13)20-4/h5-9,11,18H,1-4H3. The fraction of sp³-hybridized carbons (Fsp3) is 0.333. The van der Waals surface area contributed by atoms with Crippen molar-refractivity contribution in [1.82, 2.24) is 9.97 Å². The molecule has 2 rings (SSSR count). The monoisotopic (exact) mass is 273 g/mol. The van der Waals surface area contributed by atoms with Crippen LogP contribution in [0, 0.1) is 6.92 Å². The van der Waals surface area contributed by atoms with Crippen LogP contribution in [-0.2, 0) is 0 Å². The second kappa shape index (κ2) is 6.23. The van der Waals surface area contributed by atoms with Crippen LogP contribution in [0.2, 0.25) is 0 Å². The second-order valence-electron chi connectivity index (χ2n) is 4.46. The molecule has 0 saturated heterocycles. The number of hydrogen-bond acceptors (Lipinski definition) is 5. The number of hydrogen-bond donors (Lipinski definition) is 1. The molecule has 5 heteroatoms. The van der Waals surface area contributed by atoms with Crippen LogP contribution < -0.4 is 14.8 Å². The number of rotatable bonds is 5. The minimum Gasteiger partial charge on any atom is -0.497 e. The second-order valence-corrected chi connectivity index (χ2v) is 4.46. The van der Waals surface area contributed by atoms with E-state index in [4.69, 9.17) is 9.47 Å². The maximum absolute atomic E-state index is 5.36. The predicted octanol–water partition coefficient (Wildman–Crippen LogP) is 2.98. The van der Waals surface area contributed by atoms with Crippen LogP contribution in [0.5, 0.6) is 11.5 Å². The van der Waals surface area contributed by atoms with Gasteiger partial charge in [0.05, 0.1) is 37.3 Å². The summed E-state index contributed by atoms with van der Waals surface area (Å²) in [7, 11) is 3.28. The summed E-state index contributed by atoms with van der Waals surface area (Å²) >= 11 is 0. The molecule has 1 N–H and O–H groups in total. The molecule has 1 unspecified atom stereocenters. The van der Waals surface area contributed by atoms with Gasteiger partial charge in [-0.2, -0.15) is 0 Å². The number of ether oxygens (including phenoxy) is 2. The number of anilines is 1. The fourth-order valence-electron chi connectivity index (χ4n) is 2.07. The number of aromatic nitrogens is 2. The fourth-order valence-corrected chi connectivity index (χ4v) is 2.07. The SMILES string of the molecule is COc1ccc(OC)c(NC(C)c2nccnc2C)c1. The molecule has 0 aliphatic carbocycles. The van der Waals surface area contributed by atoms with E-state index < -0.39 is 0 Å². The van der Waals surface area contributed by atoms with E-state index in [1.165, 1.54) is 0 Å². The molecule has 1 atom stereocenters.